The minimum absolute atomic E-state index is 0.0542. The molecule has 0 saturated heterocycles. The Balaban J connectivity index is 1.84. The van der Waals surface area contributed by atoms with Crippen LogP contribution in [0.2, 0.25) is 0 Å². The number of hydrogen-bond donors (Lipinski definition) is 2. The van der Waals surface area contributed by atoms with Crippen LogP contribution in [0.25, 0.3) is 0 Å². The lowest BCUT2D eigenvalue weighted by Gasteiger charge is -2.31. The Morgan fingerprint density at radius 2 is 1.84 bits per heavy atom. The fourth-order valence-corrected chi connectivity index (χ4v) is 3.68. The van der Waals surface area contributed by atoms with Crippen LogP contribution in [0.15, 0.2) is 53.4 Å². The summed E-state index contributed by atoms with van der Waals surface area (Å²) in [6.45, 7) is 1.65. The van der Waals surface area contributed by atoms with E-state index in [2.05, 4.69) is 5.32 Å². The van der Waals surface area contributed by atoms with Crippen LogP contribution >= 0.6 is 11.8 Å². The fourth-order valence-electron chi connectivity index (χ4n) is 2.64. The second-order valence-corrected chi connectivity index (χ2v) is 6.93. The standard InChI is InChI=1S/C18H16N2O4S/c1-11(25-15-9-5-2-6-12(15)18(23)24)17(22)20-10-16(21)19-13-7-3-4-8-14(13)20/h2-9,11H,10H2,1H3,(H,19,21)(H,23,24)/t11-/m1/s1. The summed E-state index contributed by atoms with van der Waals surface area (Å²) in [5, 5.41) is 11.5. The molecule has 0 aromatic heterocycles. The van der Waals surface area contributed by atoms with Gasteiger partial charge in [-0.3, -0.25) is 14.5 Å². The van der Waals surface area contributed by atoms with Crippen molar-refractivity contribution in [3.05, 3.63) is 54.1 Å². The third-order valence-corrected chi connectivity index (χ3v) is 4.97. The lowest BCUT2D eigenvalue weighted by molar-refractivity contribution is -0.121. The van der Waals surface area contributed by atoms with Gasteiger partial charge in [0.1, 0.15) is 6.54 Å². The molecule has 2 aromatic rings. The maximum atomic E-state index is 12.9. The predicted octanol–water partition coefficient (Wildman–Crippen LogP) is 2.85. The third-order valence-electron chi connectivity index (χ3n) is 3.81. The Labute approximate surface area is 148 Å². The number of fused-ring (bicyclic) bond motifs is 1. The van der Waals surface area contributed by atoms with Crippen LogP contribution in [-0.2, 0) is 9.59 Å². The minimum Gasteiger partial charge on any atom is -0.478 e. The molecule has 0 unspecified atom stereocenters. The van der Waals surface area contributed by atoms with E-state index in [4.69, 9.17) is 0 Å². The molecule has 0 aliphatic carbocycles. The summed E-state index contributed by atoms with van der Waals surface area (Å²) >= 11 is 1.17. The molecule has 3 rings (SSSR count). The second-order valence-electron chi connectivity index (χ2n) is 5.55. The van der Waals surface area contributed by atoms with Crippen LogP contribution in [-0.4, -0.2) is 34.7 Å². The first kappa shape index (κ1) is 17.0. The number of para-hydroxylation sites is 2. The smallest absolute Gasteiger partial charge is 0.336 e. The first-order valence-corrected chi connectivity index (χ1v) is 8.54. The average molecular weight is 356 g/mol. The summed E-state index contributed by atoms with van der Waals surface area (Å²) < 4.78 is 0. The van der Waals surface area contributed by atoms with E-state index >= 15 is 0 Å². The van der Waals surface area contributed by atoms with Crippen LogP contribution in [0.1, 0.15) is 17.3 Å². The first-order valence-electron chi connectivity index (χ1n) is 7.66. The number of aromatic carboxylic acids is 1. The van der Waals surface area contributed by atoms with Gasteiger partial charge >= 0.3 is 5.97 Å². The fraction of sp³-hybridized carbons (Fsp3) is 0.167. The number of nitrogens with one attached hydrogen (secondary N) is 1. The summed E-state index contributed by atoms with van der Waals surface area (Å²) in [5.41, 5.74) is 1.39. The van der Waals surface area contributed by atoms with Crippen molar-refractivity contribution in [2.45, 2.75) is 17.1 Å². The van der Waals surface area contributed by atoms with Gasteiger partial charge in [0, 0.05) is 4.90 Å². The Morgan fingerprint density at radius 1 is 1.16 bits per heavy atom. The van der Waals surface area contributed by atoms with Crippen molar-refractivity contribution in [2.75, 3.05) is 16.8 Å². The second kappa shape index (κ2) is 6.98. The predicted molar refractivity (Wildman–Crippen MR) is 96.1 cm³/mol. The zero-order valence-electron chi connectivity index (χ0n) is 13.4. The number of carbonyl (C=O) groups is 3. The topological polar surface area (TPSA) is 86.7 Å². The average Bonchev–Trinajstić information content (AvgIpc) is 2.60. The zero-order valence-corrected chi connectivity index (χ0v) is 14.2. The number of rotatable bonds is 4. The molecule has 1 atom stereocenters. The van der Waals surface area contributed by atoms with E-state index in [9.17, 15) is 19.5 Å². The van der Waals surface area contributed by atoms with Gasteiger partial charge < -0.3 is 10.4 Å². The number of amides is 2. The Kier molecular flexibility index (Phi) is 4.76. The molecule has 1 aliphatic heterocycles. The van der Waals surface area contributed by atoms with Gasteiger partial charge in [0.2, 0.25) is 11.8 Å². The lowest BCUT2D eigenvalue weighted by Crippen LogP contribution is -2.45. The van der Waals surface area contributed by atoms with E-state index < -0.39 is 11.2 Å². The van der Waals surface area contributed by atoms with E-state index in [0.29, 0.717) is 16.3 Å². The summed E-state index contributed by atoms with van der Waals surface area (Å²) in [7, 11) is 0. The first-order chi connectivity index (χ1) is 12.0. The van der Waals surface area contributed by atoms with Crippen LogP contribution in [0.5, 0.6) is 0 Å². The molecule has 2 N–H and O–H groups in total. The van der Waals surface area contributed by atoms with Crippen LogP contribution < -0.4 is 10.2 Å². The van der Waals surface area contributed by atoms with Gasteiger partial charge in [-0.15, -0.1) is 11.8 Å². The van der Waals surface area contributed by atoms with Crippen molar-refractivity contribution < 1.29 is 19.5 Å². The monoisotopic (exact) mass is 356 g/mol. The Hall–Kier alpha value is -2.80. The molecule has 2 amide bonds. The molecule has 0 spiro atoms. The number of hydrogen-bond acceptors (Lipinski definition) is 4. The van der Waals surface area contributed by atoms with E-state index in [0.717, 1.165) is 0 Å². The largest absolute Gasteiger partial charge is 0.478 e. The van der Waals surface area contributed by atoms with Crippen molar-refractivity contribution in [3.8, 4) is 0 Å². The van der Waals surface area contributed by atoms with Crippen molar-refractivity contribution in [3.63, 3.8) is 0 Å². The van der Waals surface area contributed by atoms with Crippen molar-refractivity contribution in [1.82, 2.24) is 0 Å². The van der Waals surface area contributed by atoms with E-state index in [-0.39, 0.29) is 23.9 Å². The number of carboxylic acid groups (broad SMARTS) is 1. The molecule has 0 saturated carbocycles. The molecule has 7 heteroatoms. The van der Waals surface area contributed by atoms with Crippen molar-refractivity contribution >= 4 is 40.9 Å². The summed E-state index contributed by atoms with van der Waals surface area (Å²) in [4.78, 5) is 38.0. The number of benzene rings is 2. The van der Waals surface area contributed by atoms with Crippen molar-refractivity contribution in [1.29, 1.82) is 0 Å². The van der Waals surface area contributed by atoms with Gasteiger partial charge in [0.15, 0.2) is 0 Å². The minimum atomic E-state index is -1.04. The summed E-state index contributed by atoms with van der Waals surface area (Å²) in [6.07, 6.45) is 0. The van der Waals surface area contributed by atoms with Crippen molar-refractivity contribution in [2.24, 2.45) is 0 Å². The highest BCUT2D eigenvalue weighted by Crippen LogP contribution is 2.33. The van der Waals surface area contributed by atoms with Gasteiger partial charge in [-0.1, -0.05) is 24.3 Å². The van der Waals surface area contributed by atoms with Gasteiger partial charge in [-0.05, 0) is 31.2 Å². The third kappa shape index (κ3) is 3.51. The Morgan fingerprint density at radius 3 is 2.60 bits per heavy atom. The van der Waals surface area contributed by atoms with E-state index in [1.54, 1.807) is 49.4 Å². The van der Waals surface area contributed by atoms with Gasteiger partial charge in [0.25, 0.3) is 0 Å². The number of nitrogens with zero attached hydrogens (tertiary/aromatic N) is 1. The van der Waals surface area contributed by atoms with Gasteiger partial charge in [-0.25, -0.2) is 4.79 Å². The van der Waals surface area contributed by atoms with Gasteiger partial charge in [-0.2, -0.15) is 0 Å². The zero-order chi connectivity index (χ0) is 18.0. The maximum absolute atomic E-state index is 12.9. The molecule has 25 heavy (non-hydrogen) atoms. The highest BCUT2D eigenvalue weighted by atomic mass is 32.2. The van der Waals surface area contributed by atoms with Crippen LogP contribution in [0, 0.1) is 0 Å². The molecule has 0 bridgehead atoms. The molecule has 2 aromatic carbocycles. The number of thioether (sulfide) groups is 1. The highest BCUT2D eigenvalue weighted by molar-refractivity contribution is 8.00. The molecular formula is C18H16N2O4S. The molecule has 1 aliphatic rings. The molecule has 1 heterocycles. The van der Waals surface area contributed by atoms with Gasteiger partial charge in [0.05, 0.1) is 22.2 Å². The molecular weight excluding hydrogens is 340 g/mol. The highest BCUT2D eigenvalue weighted by Gasteiger charge is 2.30. The number of carboxylic acids is 1. The lowest BCUT2D eigenvalue weighted by atomic mass is 10.2. The molecule has 0 fully saturated rings. The summed E-state index contributed by atoms with van der Waals surface area (Å²) in [6, 6.07) is 13.7. The van der Waals surface area contributed by atoms with Crippen LogP contribution in [0.3, 0.4) is 0 Å². The molecule has 6 nitrogen and oxygen atoms in total. The Bertz CT molecular complexity index is 852. The van der Waals surface area contributed by atoms with Crippen LogP contribution in [0.4, 0.5) is 11.4 Å². The molecule has 0 radical (unpaired) electrons. The number of anilines is 2. The number of carbonyl (C=O) groups excluding carboxylic acids is 2. The van der Waals surface area contributed by atoms with E-state index in [1.807, 2.05) is 0 Å². The quantitative estimate of drug-likeness (QED) is 0.823. The normalized spacial score (nSPS) is 14.4. The van der Waals surface area contributed by atoms with E-state index in [1.165, 1.54) is 22.7 Å². The maximum Gasteiger partial charge on any atom is 0.336 e. The molecule has 128 valence electrons. The SMILES string of the molecule is C[C@@H](Sc1ccccc1C(=O)O)C(=O)N1CC(=O)Nc2ccccc21. The summed E-state index contributed by atoms with van der Waals surface area (Å²) in [5.74, 6) is -1.53.